The highest BCUT2D eigenvalue weighted by atomic mass is 16.6. The molecule has 1 aliphatic carbocycles. The van der Waals surface area contributed by atoms with E-state index in [2.05, 4.69) is 26.1 Å². The number of hydrogen-bond acceptors (Lipinski definition) is 3. The van der Waals surface area contributed by atoms with Crippen LogP contribution in [0.25, 0.3) is 0 Å². The summed E-state index contributed by atoms with van der Waals surface area (Å²) >= 11 is 0. The van der Waals surface area contributed by atoms with E-state index in [-0.39, 0.29) is 12.0 Å². The molecule has 0 spiro atoms. The summed E-state index contributed by atoms with van der Waals surface area (Å²) in [4.78, 5) is 11.9. The average molecular weight is 265 g/mol. The molecule has 0 aromatic carbocycles. The minimum absolute atomic E-state index is 0.200. The zero-order chi connectivity index (χ0) is 13.8. The van der Waals surface area contributed by atoms with Gasteiger partial charge in [0, 0.05) is 12.1 Å². The van der Waals surface area contributed by atoms with Crippen LogP contribution in [0.5, 0.6) is 5.95 Å². The topological polar surface area (TPSA) is 51.5 Å². The van der Waals surface area contributed by atoms with Gasteiger partial charge in [-0.05, 0) is 36.7 Å². The lowest BCUT2D eigenvalue weighted by molar-refractivity contribution is 0.145. The highest BCUT2D eigenvalue weighted by Gasteiger charge is 2.32. The van der Waals surface area contributed by atoms with Crippen LogP contribution in [0.2, 0.25) is 0 Å². The number of nitrogens with one attached hydrogen (secondary N) is 1. The molecule has 0 radical (unpaired) electrons. The van der Waals surface area contributed by atoms with Crippen LogP contribution in [0.1, 0.15) is 40.0 Å². The van der Waals surface area contributed by atoms with Gasteiger partial charge in [-0.3, -0.25) is 0 Å². The van der Waals surface area contributed by atoms with Crippen LogP contribution in [0.15, 0.2) is 22.8 Å². The molecule has 1 saturated carbocycles. The van der Waals surface area contributed by atoms with Crippen LogP contribution >= 0.6 is 0 Å². The molecule has 2 rings (SSSR count). The summed E-state index contributed by atoms with van der Waals surface area (Å²) < 4.78 is 10.1. The Kier molecular flexibility index (Phi) is 4.51. The van der Waals surface area contributed by atoms with E-state index in [1.165, 1.54) is 19.1 Å². The van der Waals surface area contributed by atoms with E-state index in [1.54, 1.807) is 12.1 Å². The van der Waals surface area contributed by atoms with E-state index in [0.29, 0.717) is 17.8 Å². The third-order valence-corrected chi connectivity index (χ3v) is 4.01. The van der Waals surface area contributed by atoms with Gasteiger partial charge in [-0.25, -0.2) is 4.79 Å². The minimum Gasteiger partial charge on any atom is -0.434 e. The van der Waals surface area contributed by atoms with Crippen LogP contribution in [0.3, 0.4) is 0 Å². The molecule has 1 aromatic heterocycles. The monoisotopic (exact) mass is 265 g/mol. The first-order chi connectivity index (χ1) is 9.06. The molecule has 0 bridgehead atoms. The highest BCUT2D eigenvalue weighted by Crippen LogP contribution is 2.33. The van der Waals surface area contributed by atoms with Gasteiger partial charge in [-0.15, -0.1) is 0 Å². The van der Waals surface area contributed by atoms with Crippen molar-refractivity contribution in [3.63, 3.8) is 0 Å². The van der Waals surface area contributed by atoms with Crippen molar-refractivity contribution in [2.45, 2.75) is 46.1 Å². The largest absolute Gasteiger partial charge is 0.434 e. The maximum atomic E-state index is 11.9. The Hall–Kier alpha value is -1.45. The van der Waals surface area contributed by atoms with Gasteiger partial charge in [0.15, 0.2) is 0 Å². The predicted octanol–water partition coefficient (Wildman–Crippen LogP) is 3.83. The number of ether oxygens (including phenoxy) is 1. The number of hydrogen-bond donors (Lipinski definition) is 1. The van der Waals surface area contributed by atoms with Crippen LogP contribution in [0, 0.1) is 17.8 Å². The number of furan rings is 1. The molecule has 4 heteroatoms. The SMILES string of the molecule is CC(C)[C@@H]1CC[C@@H](C)C[C@@H]1NC(=O)Oc1ccco1. The molecule has 106 valence electrons. The third kappa shape index (κ3) is 3.75. The smallest absolute Gasteiger partial charge is 0.415 e. The van der Waals surface area contributed by atoms with Gasteiger partial charge in [-0.1, -0.05) is 27.2 Å². The minimum atomic E-state index is -0.417. The molecule has 4 nitrogen and oxygen atoms in total. The molecule has 0 saturated heterocycles. The molecule has 1 aromatic rings. The standard InChI is InChI=1S/C15H23NO3/c1-10(2)12-7-6-11(3)9-13(12)16-15(17)19-14-5-4-8-18-14/h4-5,8,10-13H,6-7,9H2,1-3H3,(H,16,17)/t11-,12+,13+/m1/s1. The summed E-state index contributed by atoms with van der Waals surface area (Å²) in [7, 11) is 0. The summed E-state index contributed by atoms with van der Waals surface area (Å²) in [5, 5.41) is 3.00. The Bertz CT molecular complexity index is 400. The molecule has 0 unspecified atom stereocenters. The lowest BCUT2D eigenvalue weighted by Crippen LogP contribution is -2.46. The van der Waals surface area contributed by atoms with Crippen molar-refractivity contribution >= 4 is 6.09 Å². The van der Waals surface area contributed by atoms with Crippen molar-refractivity contribution in [2.75, 3.05) is 0 Å². The lowest BCUT2D eigenvalue weighted by Gasteiger charge is -2.37. The molecular weight excluding hydrogens is 242 g/mol. The van der Waals surface area contributed by atoms with E-state index in [4.69, 9.17) is 9.15 Å². The van der Waals surface area contributed by atoms with Gasteiger partial charge in [0.2, 0.25) is 0 Å². The summed E-state index contributed by atoms with van der Waals surface area (Å²) in [5.74, 6) is 1.99. The number of amides is 1. The van der Waals surface area contributed by atoms with Gasteiger partial charge in [0.25, 0.3) is 5.95 Å². The predicted molar refractivity (Wildman–Crippen MR) is 73.0 cm³/mol. The van der Waals surface area contributed by atoms with E-state index in [1.807, 2.05) is 0 Å². The van der Waals surface area contributed by atoms with Gasteiger partial charge < -0.3 is 14.5 Å². The second-order valence-electron chi connectivity index (χ2n) is 5.90. The van der Waals surface area contributed by atoms with Crippen molar-refractivity contribution in [3.05, 3.63) is 18.4 Å². The highest BCUT2D eigenvalue weighted by molar-refractivity contribution is 5.70. The summed E-state index contributed by atoms with van der Waals surface area (Å²) in [5.41, 5.74) is 0. The fourth-order valence-electron chi connectivity index (χ4n) is 2.96. The van der Waals surface area contributed by atoms with Crippen LogP contribution in [-0.4, -0.2) is 12.1 Å². The molecule has 19 heavy (non-hydrogen) atoms. The van der Waals surface area contributed by atoms with E-state index < -0.39 is 6.09 Å². The molecule has 1 amide bonds. The van der Waals surface area contributed by atoms with Crippen molar-refractivity contribution in [2.24, 2.45) is 17.8 Å². The molecule has 0 aliphatic heterocycles. The molecule has 1 aliphatic rings. The van der Waals surface area contributed by atoms with E-state index >= 15 is 0 Å². The van der Waals surface area contributed by atoms with Crippen molar-refractivity contribution in [3.8, 4) is 5.95 Å². The third-order valence-electron chi connectivity index (χ3n) is 4.01. The molecule has 1 N–H and O–H groups in total. The number of rotatable bonds is 3. The summed E-state index contributed by atoms with van der Waals surface area (Å²) in [6.45, 7) is 6.67. The average Bonchev–Trinajstić information content (AvgIpc) is 2.81. The molecule has 3 atom stereocenters. The fraction of sp³-hybridized carbons (Fsp3) is 0.667. The number of carbonyl (C=O) groups is 1. The van der Waals surface area contributed by atoms with Crippen LogP contribution in [0.4, 0.5) is 4.79 Å². The van der Waals surface area contributed by atoms with Gasteiger partial charge in [0.05, 0.1) is 6.26 Å². The first kappa shape index (κ1) is 14.0. The van der Waals surface area contributed by atoms with Crippen molar-refractivity contribution < 1.29 is 13.9 Å². The molecular formula is C15H23NO3. The zero-order valence-corrected chi connectivity index (χ0v) is 11.9. The second-order valence-corrected chi connectivity index (χ2v) is 5.90. The van der Waals surface area contributed by atoms with Crippen LogP contribution in [-0.2, 0) is 0 Å². The van der Waals surface area contributed by atoms with E-state index in [0.717, 1.165) is 6.42 Å². The summed E-state index contributed by atoms with van der Waals surface area (Å²) in [6, 6.07) is 3.52. The van der Waals surface area contributed by atoms with Crippen molar-refractivity contribution in [1.29, 1.82) is 0 Å². The Morgan fingerprint density at radius 1 is 1.47 bits per heavy atom. The maximum absolute atomic E-state index is 11.9. The normalized spacial score (nSPS) is 27.3. The number of carbonyl (C=O) groups excluding carboxylic acids is 1. The molecule has 1 heterocycles. The second kappa shape index (κ2) is 6.13. The van der Waals surface area contributed by atoms with Gasteiger partial charge >= 0.3 is 6.09 Å². The molecule has 1 fully saturated rings. The Morgan fingerprint density at radius 2 is 2.26 bits per heavy atom. The van der Waals surface area contributed by atoms with Crippen LogP contribution < -0.4 is 10.1 Å². The first-order valence-corrected chi connectivity index (χ1v) is 7.08. The van der Waals surface area contributed by atoms with Gasteiger partial charge in [0.1, 0.15) is 0 Å². The Balaban J connectivity index is 1.92. The van der Waals surface area contributed by atoms with Gasteiger partial charge in [-0.2, -0.15) is 0 Å². The zero-order valence-electron chi connectivity index (χ0n) is 11.9. The maximum Gasteiger partial charge on any atom is 0.415 e. The Labute approximate surface area is 114 Å². The quantitative estimate of drug-likeness (QED) is 0.903. The first-order valence-electron chi connectivity index (χ1n) is 7.08. The van der Waals surface area contributed by atoms with Crippen molar-refractivity contribution in [1.82, 2.24) is 5.32 Å². The Morgan fingerprint density at radius 3 is 2.89 bits per heavy atom. The van der Waals surface area contributed by atoms with E-state index in [9.17, 15) is 4.79 Å². The fourth-order valence-corrected chi connectivity index (χ4v) is 2.96. The lowest BCUT2D eigenvalue weighted by atomic mass is 9.74. The summed E-state index contributed by atoms with van der Waals surface area (Å²) in [6.07, 6.45) is 4.51.